The maximum Gasteiger partial charge on any atom is 0.254 e. The third kappa shape index (κ3) is 5.12. The molecule has 144 valence electrons. The first-order valence-corrected chi connectivity index (χ1v) is 10.2. The summed E-state index contributed by atoms with van der Waals surface area (Å²) in [6.45, 7) is 2.12. The van der Waals surface area contributed by atoms with Gasteiger partial charge in [-0.05, 0) is 42.3 Å². The minimum atomic E-state index is -3.74. The number of carbonyl (C=O) groups is 1. The van der Waals surface area contributed by atoms with Crippen LogP contribution < -0.4 is 4.72 Å². The SMILES string of the molecule is O=C(c1cccc(S(=O)(=O)NCCc2ccc(F)cc2)c1)N1CCOCC1. The minimum Gasteiger partial charge on any atom is -0.378 e. The maximum atomic E-state index is 12.9. The highest BCUT2D eigenvalue weighted by Gasteiger charge is 2.21. The lowest BCUT2D eigenvalue weighted by molar-refractivity contribution is 0.0302. The Bertz CT molecular complexity index is 894. The van der Waals surface area contributed by atoms with Gasteiger partial charge >= 0.3 is 0 Å². The molecule has 3 rings (SSSR count). The van der Waals surface area contributed by atoms with Crippen LogP contribution in [0.25, 0.3) is 0 Å². The molecule has 0 bridgehead atoms. The van der Waals surface area contributed by atoms with Crippen LogP contribution in [-0.2, 0) is 21.2 Å². The molecule has 6 nitrogen and oxygen atoms in total. The number of amides is 1. The summed E-state index contributed by atoms with van der Waals surface area (Å²) in [7, 11) is -3.74. The van der Waals surface area contributed by atoms with E-state index in [0.717, 1.165) is 5.56 Å². The molecule has 2 aromatic rings. The zero-order valence-corrected chi connectivity index (χ0v) is 15.5. The molecule has 2 aromatic carbocycles. The average molecular weight is 392 g/mol. The number of rotatable bonds is 6. The molecule has 27 heavy (non-hydrogen) atoms. The number of sulfonamides is 1. The Morgan fingerprint density at radius 3 is 2.52 bits per heavy atom. The molecule has 1 saturated heterocycles. The first-order chi connectivity index (χ1) is 13.0. The Hall–Kier alpha value is -2.29. The molecule has 1 N–H and O–H groups in total. The first-order valence-electron chi connectivity index (χ1n) is 8.67. The summed E-state index contributed by atoms with van der Waals surface area (Å²) in [4.78, 5) is 14.2. The van der Waals surface area contributed by atoms with Crippen molar-refractivity contribution in [3.8, 4) is 0 Å². The Morgan fingerprint density at radius 2 is 1.81 bits per heavy atom. The van der Waals surface area contributed by atoms with E-state index in [1.807, 2.05) is 0 Å². The Balaban J connectivity index is 1.65. The lowest BCUT2D eigenvalue weighted by atomic mass is 10.1. The van der Waals surface area contributed by atoms with E-state index in [1.165, 1.54) is 24.3 Å². The lowest BCUT2D eigenvalue weighted by Crippen LogP contribution is -2.40. The van der Waals surface area contributed by atoms with Crippen molar-refractivity contribution < 1.29 is 22.3 Å². The fraction of sp³-hybridized carbons (Fsp3) is 0.316. The summed E-state index contributed by atoms with van der Waals surface area (Å²) in [6, 6.07) is 11.9. The van der Waals surface area contributed by atoms with Crippen molar-refractivity contribution in [1.82, 2.24) is 9.62 Å². The number of nitrogens with one attached hydrogen (secondary N) is 1. The molecule has 1 heterocycles. The summed E-state index contributed by atoms with van der Waals surface area (Å²) in [6.07, 6.45) is 0.436. The highest BCUT2D eigenvalue weighted by Crippen LogP contribution is 2.14. The van der Waals surface area contributed by atoms with Gasteiger partial charge in [0.05, 0.1) is 18.1 Å². The monoisotopic (exact) mass is 392 g/mol. The van der Waals surface area contributed by atoms with E-state index in [9.17, 15) is 17.6 Å². The van der Waals surface area contributed by atoms with E-state index in [4.69, 9.17) is 4.74 Å². The van der Waals surface area contributed by atoms with Crippen molar-refractivity contribution in [1.29, 1.82) is 0 Å². The summed E-state index contributed by atoms with van der Waals surface area (Å²) in [5.74, 6) is -0.539. The van der Waals surface area contributed by atoms with Crippen molar-refractivity contribution in [3.63, 3.8) is 0 Å². The largest absolute Gasteiger partial charge is 0.378 e. The third-order valence-electron chi connectivity index (χ3n) is 4.31. The van der Waals surface area contributed by atoms with E-state index >= 15 is 0 Å². The molecule has 8 heteroatoms. The molecular formula is C19H21FN2O4S. The fourth-order valence-corrected chi connectivity index (χ4v) is 3.89. The van der Waals surface area contributed by atoms with Gasteiger partial charge in [-0.1, -0.05) is 18.2 Å². The van der Waals surface area contributed by atoms with Gasteiger partial charge in [0, 0.05) is 25.2 Å². The van der Waals surface area contributed by atoms with Gasteiger partial charge in [-0.2, -0.15) is 0 Å². The number of nitrogens with zero attached hydrogens (tertiary/aromatic N) is 1. The zero-order chi connectivity index (χ0) is 19.3. The Kier molecular flexibility index (Phi) is 6.20. The van der Waals surface area contributed by atoms with Crippen LogP contribution in [0.1, 0.15) is 15.9 Å². The topological polar surface area (TPSA) is 75.7 Å². The van der Waals surface area contributed by atoms with Gasteiger partial charge in [0.2, 0.25) is 10.0 Å². The molecule has 0 spiro atoms. The standard InChI is InChI=1S/C19H21FN2O4S/c20-17-6-4-15(5-7-17)8-9-21-27(24,25)18-3-1-2-16(14-18)19(23)22-10-12-26-13-11-22/h1-7,14,21H,8-13H2. The predicted octanol–water partition coefficient (Wildman–Crippen LogP) is 1.82. The molecule has 1 amide bonds. The van der Waals surface area contributed by atoms with Crippen molar-refractivity contribution in [2.45, 2.75) is 11.3 Å². The van der Waals surface area contributed by atoms with E-state index in [-0.39, 0.29) is 23.2 Å². The molecule has 1 aliphatic rings. The summed E-state index contributed by atoms with van der Waals surface area (Å²) in [5, 5.41) is 0. The van der Waals surface area contributed by atoms with Crippen molar-refractivity contribution in [3.05, 3.63) is 65.5 Å². The molecular weight excluding hydrogens is 371 g/mol. The van der Waals surface area contributed by atoms with Crippen LogP contribution >= 0.6 is 0 Å². The van der Waals surface area contributed by atoms with Crippen LogP contribution in [0.3, 0.4) is 0 Å². The summed E-state index contributed by atoms with van der Waals surface area (Å²) in [5.41, 5.74) is 1.16. The quantitative estimate of drug-likeness (QED) is 0.814. The molecule has 0 aromatic heterocycles. The van der Waals surface area contributed by atoms with Gasteiger partial charge < -0.3 is 9.64 Å². The van der Waals surface area contributed by atoms with E-state index in [1.54, 1.807) is 29.2 Å². The van der Waals surface area contributed by atoms with Crippen molar-refractivity contribution >= 4 is 15.9 Å². The van der Waals surface area contributed by atoms with Crippen LogP contribution in [0.2, 0.25) is 0 Å². The van der Waals surface area contributed by atoms with Crippen LogP contribution in [0.15, 0.2) is 53.4 Å². The number of hydrogen-bond donors (Lipinski definition) is 1. The molecule has 0 unspecified atom stereocenters. The zero-order valence-electron chi connectivity index (χ0n) is 14.7. The van der Waals surface area contributed by atoms with E-state index < -0.39 is 10.0 Å². The number of ether oxygens (including phenoxy) is 1. The molecule has 0 atom stereocenters. The highest BCUT2D eigenvalue weighted by atomic mass is 32.2. The molecule has 0 aliphatic carbocycles. The van der Waals surface area contributed by atoms with Gasteiger partial charge in [-0.25, -0.2) is 17.5 Å². The molecule has 0 radical (unpaired) electrons. The number of hydrogen-bond acceptors (Lipinski definition) is 4. The van der Waals surface area contributed by atoms with E-state index in [0.29, 0.717) is 38.3 Å². The van der Waals surface area contributed by atoms with Crippen LogP contribution in [0.4, 0.5) is 4.39 Å². The second-order valence-electron chi connectivity index (χ2n) is 6.21. The maximum absolute atomic E-state index is 12.9. The first kappa shape index (κ1) is 19.5. The number of carbonyl (C=O) groups excluding carboxylic acids is 1. The number of morpholine rings is 1. The normalized spacial score (nSPS) is 14.9. The van der Waals surface area contributed by atoms with Gasteiger partial charge in [-0.3, -0.25) is 4.79 Å². The van der Waals surface area contributed by atoms with Crippen molar-refractivity contribution in [2.24, 2.45) is 0 Å². The second kappa shape index (κ2) is 8.60. The van der Waals surface area contributed by atoms with E-state index in [2.05, 4.69) is 4.72 Å². The summed E-state index contributed by atoms with van der Waals surface area (Å²) < 4.78 is 45.7. The van der Waals surface area contributed by atoms with Crippen LogP contribution in [-0.4, -0.2) is 52.1 Å². The lowest BCUT2D eigenvalue weighted by Gasteiger charge is -2.27. The number of halogens is 1. The molecule has 1 aliphatic heterocycles. The van der Waals surface area contributed by atoms with Crippen molar-refractivity contribution in [2.75, 3.05) is 32.8 Å². The Labute approximate surface area is 158 Å². The molecule has 1 fully saturated rings. The van der Waals surface area contributed by atoms with Gasteiger partial charge in [0.25, 0.3) is 5.91 Å². The minimum absolute atomic E-state index is 0.0423. The number of benzene rings is 2. The fourth-order valence-electron chi connectivity index (χ4n) is 2.81. The Morgan fingerprint density at radius 1 is 1.11 bits per heavy atom. The molecule has 0 saturated carbocycles. The second-order valence-corrected chi connectivity index (χ2v) is 7.97. The smallest absolute Gasteiger partial charge is 0.254 e. The highest BCUT2D eigenvalue weighted by molar-refractivity contribution is 7.89. The predicted molar refractivity (Wildman–Crippen MR) is 98.5 cm³/mol. The van der Waals surface area contributed by atoms with Crippen LogP contribution in [0.5, 0.6) is 0 Å². The van der Waals surface area contributed by atoms with Gasteiger partial charge in [0.15, 0.2) is 0 Å². The third-order valence-corrected chi connectivity index (χ3v) is 5.77. The van der Waals surface area contributed by atoms with Gasteiger partial charge in [0.1, 0.15) is 5.82 Å². The van der Waals surface area contributed by atoms with Crippen LogP contribution in [0, 0.1) is 5.82 Å². The summed E-state index contributed by atoms with van der Waals surface area (Å²) >= 11 is 0. The van der Waals surface area contributed by atoms with Gasteiger partial charge in [-0.15, -0.1) is 0 Å². The average Bonchev–Trinajstić information content (AvgIpc) is 2.69.